The van der Waals surface area contributed by atoms with Gasteiger partial charge >= 0.3 is 5.97 Å². The number of carboxylic acids is 1. The summed E-state index contributed by atoms with van der Waals surface area (Å²) in [5.74, 6) is -7.88. The molecule has 0 spiro atoms. The molecule has 0 radical (unpaired) electrons. The van der Waals surface area contributed by atoms with Gasteiger partial charge in [0.25, 0.3) is 0 Å². The summed E-state index contributed by atoms with van der Waals surface area (Å²) < 4.78 is 0. The molecule has 11 atom stereocenters. The van der Waals surface area contributed by atoms with Crippen LogP contribution in [-0.2, 0) is 38.4 Å². The number of aliphatic hydroxyl groups excluding tert-OH is 2. The van der Waals surface area contributed by atoms with Crippen molar-refractivity contribution in [1.82, 2.24) is 37.2 Å². The second kappa shape index (κ2) is 33.1. The summed E-state index contributed by atoms with van der Waals surface area (Å²) in [4.78, 5) is 116. The topological polar surface area (TPSA) is 436 Å². The second-order valence-corrected chi connectivity index (χ2v) is 18.9. The van der Waals surface area contributed by atoms with Crippen molar-refractivity contribution >= 4 is 71.0 Å². The van der Waals surface area contributed by atoms with Crippen molar-refractivity contribution in [2.75, 3.05) is 25.1 Å². The van der Waals surface area contributed by atoms with Crippen LogP contribution in [0, 0.1) is 17.8 Å². The van der Waals surface area contributed by atoms with Crippen LogP contribution in [0.4, 0.5) is 0 Å². The van der Waals surface area contributed by atoms with E-state index in [4.69, 9.17) is 28.7 Å². The van der Waals surface area contributed by atoms with Crippen molar-refractivity contribution in [3.63, 3.8) is 0 Å². The molecule has 0 aromatic carbocycles. The standard InChI is InChI=1S/C43H82N14O11S/c1-10-23(6)32(56-38(64)31(44)24(7)58)39(65)57-33(25(8)59)40(66)55-30(20-22(4)5)37(63)52-27(15-18-69-9)35(61)54-29(19-21(2)3)36(62)51-26(13-11-16-49-42(45)46)34(60)53-28(41(67)68)14-12-17-50-43(47)48/h21-33,58-59H,10-20,44H2,1-9H3,(H,51,62)(H,52,63)(H,53,60)(H,54,61)(H,55,66)(H,56,64)(H,57,65)(H,67,68)(H4,45,46,49)(H4,47,48,50)/t23-,24+,25+,26-,27-,28-,29-,30-,31-,32-,33-/m0/s1. The average Bonchev–Trinajstić information content (AvgIpc) is 3.25. The third-order valence-electron chi connectivity index (χ3n) is 10.7. The van der Waals surface area contributed by atoms with Gasteiger partial charge < -0.3 is 81.2 Å². The molecule has 0 heterocycles. The molecule has 0 unspecified atom stereocenters. The predicted octanol–water partition coefficient (Wildman–Crippen LogP) is -3.45. The number of guanidine groups is 2. The van der Waals surface area contributed by atoms with Gasteiger partial charge in [-0.05, 0) is 88.6 Å². The lowest BCUT2D eigenvalue weighted by Crippen LogP contribution is -2.62. The second-order valence-electron chi connectivity index (χ2n) is 17.9. The number of aliphatic imine (C=N–C) groups is 2. The number of rotatable bonds is 34. The van der Waals surface area contributed by atoms with Gasteiger partial charge in [0.05, 0.1) is 12.2 Å². The number of aliphatic hydroxyl groups is 2. The van der Waals surface area contributed by atoms with Crippen LogP contribution in [0.15, 0.2) is 9.98 Å². The van der Waals surface area contributed by atoms with E-state index in [9.17, 15) is 53.7 Å². The van der Waals surface area contributed by atoms with Crippen molar-refractivity contribution in [3.8, 4) is 0 Å². The zero-order chi connectivity index (χ0) is 53.1. The molecule has 0 aromatic heterocycles. The first-order valence-electron chi connectivity index (χ1n) is 23.2. The molecular weight excluding hydrogens is 921 g/mol. The maximum absolute atomic E-state index is 14.1. The Morgan fingerprint density at radius 1 is 0.522 bits per heavy atom. The summed E-state index contributed by atoms with van der Waals surface area (Å²) in [6.07, 6.45) is 0.0477. The van der Waals surface area contributed by atoms with Crippen molar-refractivity contribution in [2.45, 2.75) is 167 Å². The third-order valence-corrected chi connectivity index (χ3v) is 11.4. The Morgan fingerprint density at radius 3 is 1.29 bits per heavy atom. The number of nitrogens with one attached hydrogen (secondary N) is 7. The number of nitrogens with two attached hydrogens (primary N) is 5. The Bertz CT molecular complexity index is 1730. The molecule has 0 fully saturated rings. The third kappa shape index (κ3) is 25.6. The van der Waals surface area contributed by atoms with Crippen LogP contribution in [0.2, 0.25) is 0 Å². The number of amides is 7. The SMILES string of the molecule is CC[C@H](C)[C@H](NC(=O)[C@@H](N)[C@@H](C)O)C(=O)N[C@H](C(=O)N[C@@H](CC(C)C)C(=O)N[C@@H](CCSC)C(=O)N[C@@H](CC(C)C)C(=O)N[C@@H](CCCN=C(N)N)C(=O)N[C@@H](CCCN=C(N)N)C(=O)O)[C@@H](C)O. The number of nitrogens with zero attached hydrogens (tertiary/aromatic N) is 2. The molecule has 0 aliphatic carbocycles. The number of thioether (sulfide) groups is 1. The Kier molecular flexibility index (Phi) is 30.5. The zero-order valence-corrected chi connectivity index (χ0v) is 42.4. The van der Waals surface area contributed by atoms with E-state index < -0.39 is 114 Å². The van der Waals surface area contributed by atoms with Gasteiger partial charge in [-0.3, -0.25) is 43.5 Å². The van der Waals surface area contributed by atoms with Crippen LogP contribution < -0.4 is 65.9 Å². The van der Waals surface area contributed by atoms with E-state index in [0.29, 0.717) is 12.2 Å². The van der Waals surface area contributed by atoms with Crippen molar-refractivity contribution in [3.05, 3.63) is 0 Å². The van der Waals surface area contributed by atoms with Crippen molar-refractivity contribution < 1.29 is 53.7 Å². The quantitative estimate of drug-likeness (QED) is 0.0169. The monoisotopic (exact) mass is 1000 g/mol. The van der Waals surface area contributed by atoms with Gasteiger partial charge in [-0.2, -0.15) is 11.8 Å². The van der Waals surface area contributed by atoms with Gasteiger partial charge in [0.1, 0.15) is 48.3 Å². The first kappa shape index (κ1) is 63.5. The van der Waals surface area contributed by atoms with Gasteiger partial charge in [-0.25, -0.2) is 4.79 Å². The van der Waals surface area contributed by atoms with E-state index in [1.807, 2.05) is 0 Å². The van der Waals surface area contributed by atoms with Gasteiger partial charge in [0.15, 0.2) is 11.9 Å². The highest BCUT2D eigenvalue weighted by Crippen LogP contribution is 2.13. The van der Waals surface area contributed by atoms with Crippen molar-refractivity contribution in [2.24, 2.45) is 56.4 Å². The van der Waals surface area contributed by atoms with E-state index in [2.05, 4.69) is 47.2 Å². The molecule has 0 rings (SSSR count). The fourth-order valence-corrected chi connectivity index (χ4v) is 7.08. The molecule has 0 saturated heterocycles. The average molecular weight is 1000 g/mol. The molecule has 396 valence electrons. The van der Waals surface area contributed by atoms with Crippen LogP contribution in [0.1, 0.15) is 107 Å². The molecule has 20 N–H and O–H groups in total. The van der Waals surface area contributed by atoms with Crippen LogP contribution in [0.25, 0.3) is 0 Å². The van der Waals surface area contributed by atoms with E-state index in [0.717, 1.165) is 0 Å². The Balaban J connectivity index is 6.58. The van der Waals surface area contributed by atoms with E-state index in [1.165, 1.54) is 25.6 Å². The summed E-state index contributed by atoms with van der Waals surface area (Å²) in [6.45, 7) is 13.4. The molecule has 0 saturated carbocycles. The highest BCUT2D eigenvalue weighted by molar-refractivity contribution is 7.98. The van der Waals surface area contributed by atoms with Crippen LogP contribution in [-0.4, -0.2) is 160 Å². The molecular formula is C43H82N14O11S. The zero-order valence-electron chi connectivity index (χ0n) is 41.6. The number of carbonyl (C=O) groups is 8. The minimum atomic E-state index is -1.61. The lowest BCUT2D eigenvalue weighted by Gasteiger charge is -2.30. The summed E-state index contributed by atoms with van der Waals surface area (Å²) in [5.41, 5.74) is 27.4. The minimum Gasteiger partial charge on any atom is -0.480 e. The van der Waals surface area contributed by atoms with Gasteiger partial charge in [0.2, 0.25) is 41.4 Å². The normalized spacial score (nSPS) is 16.0. The first-order chi connectivity index (χ1) is 32.2. The van der Waals surface area contributed by atoms with Crippen LogP contribution >= 0.6 is 11.8 Å². The van der Waals surface area contributed by atoms with Gasteiger partial charge in [-0.15, -0.1) is 0 Å². The van der Waals surface area contributed by atoms with Gasteiger partial charge in [-0.1, -0.05) is 48.0 Å². The number of carbonyl (C=O) groups excluding carboxylic acids is 7. The molecule has 26 heteroatoms. The number of aliphatic carboxylic acids is 1. The van der Waals surface area contributed by atoms with E-state index in [-0.39, 0.29) is 81.8 Å². The molecule has 7 amide bonds. The summed E-state index contributed by atoms with van der Waals surface area (Å²) >= 11 is 1.38. The van der Waals surface area contributed by atoms with Gasteiger partial charge in [0, 0.05) is 13.1 Å². The number of hydrogen-bond acceptors (Lipinski definition) is 14. The maximum Gasteiger partial charge on any atom is 0.326 e. The lowest BCUT2D eigenvalue weighted by atomic mass is 9.96. The molecule has 69 heavy (non-hydrogen) atoms. The van der Waals surface area contributed by atoms with Crippen LogP contribution in [0.5, 0.6) is 0 Å². The Hall–Kier alpha value is -5.47. The Labute approximate surface area is 409 Å². The largest absolute Gasteiger partial charge is 0.480 e. The van der Waals surface area contributed by atoms with Crippen LogP contribution in [0.3, 0.4) is 0 Å². The van der Waals surface area contributed by atoms with E-state index >= 15 is 0 Å². The fraction of sp³-hybridized carbons (Fsp3) is 0.767. The number of carboxylic acid groups (broad SMARTS) is 1. The number of hydrogen-bond donors (Lipinski definition) is 15. The molecule has 0 aliphatic rings. The summed E-state index contributed by atoms with van der Waals surface area (Å²) in [5, 5.41) is 48.4. The smallest absolute Gasteiger partial charge is 0.326 e. The first-order valence-corrected chi connectivity index (χ1v) is 24.6. The Morgan fingerprint density at radius 2 is 0.899 bits per heavy atom. The minimum absolute atomic E-state index is 0.0281. The maximum atomic E-state index is 14.1. The molecule has 25 nitrogen and oxygen atoms in total. The summed E-state index contributed by atoms with van der Waals surface area (Å²) in [6, 6.07) is -10.6. The highest BCUT2D eigenvalue weighted by atomic mass is 32.2. The molecule has 0 bridgehead atoms. The highest BCUT2D eigenvalue weighted by Gasteiger charge is 2.37. The van der Waals surface area contributed by atoms with Crippen molar-refractivity contribution in [1.29, 1.82) is 0 Å². The summed E-state index contributed by atoms with van der Waals surface area (Å²) in [7, 11) is 0. The molecule has 0 aliphatic heterocycles. The fourth-order valence-electron chi connectivity index (χ4n) is 6.61. The lowest BCUT2D eigenvalue weighted by molar-refractivity contribution is -0.142. The van der Waals surface area contributed by atoms with E-state index in [1.54, 1.807) is 47.8 Å². The predicted molar refractivity (Wildman–Crippen MR) is 264 cm³/mol. The molecule has 0 aromatic rings.